The summed E-state index contributed by atoms with van der Waals surface area (Å²) in [6.07, 6.45) is 2.33. The van der Waals surface area contributed by atoms with Crippen LogP contribution in [0.1, 0.15) is 47.4 Å². The van der Waals surface area contributed by atoms with Crippen LogP contribution in [0.4, 0.5) is 4.39 Å². The molecule has 0 unspecified atom stereocenters. The molecule has 1 heterocycles. The first kappa shape index (κ1) is 25.5. The molecule has 0 bridgehead atoms. The molecule has 1 fully saturated rings. The first-order valence-electron chi connectivity index (χ1n) is 12.9. The molecule has 2 amide bonds. The maximum absolute atomic E-state index is 13.5. The predicted octanol–water partition coefficient (Wildman–Crippen LogP) is 6.44. The Bertz CT molecular complexity index is 1490. The largest absolute Gasteiger partial charge is 0.493 e. The number of hydrogen-bond acceptors (Lipinski definition) is 4. The predicted molar refractivity (Wildman–Crippen MR) is 146 cm³/mol. The number of ether oxygens (including phenoxy) is 1. The first-order valence-corrected chi connectivity index (χ1v) is 12.9. The van der Waals surface area contributed by atoms with Crippen LogP contribution in [0.2, 0.25) is 0 Å². The third-order valence-electron chi connectivity index (χ3n) is 6.60. The zero-order valence-electron chi connectivity index (χ0n) is 21.8. The summed E-state index contributed by atoms with van der Waals surface area (Å²) in [4.78, 5) is 25.9. The number of benzene rings is 3. The van der Waals surface area contributed by atoms with E-state index >= 15 is 0 Å². The molecule has 2 N–H and O–H groups in total. The van der Waals surface area contributed by atoms with Gasteiger partial charge in [0.05, 0.1) is 12.2 Å². The van der Waals surface area contributed by atoms with E-state index in [1.807, 2.05) is 38.1 Å². The summed E-state index contributed by atoms with van der Waals surface area (Å²) in [6, 6.07) is 17.0. The van der Waals surface area contributed by atoms with Gasteiger partial charge in [-0.05, 0) is 90.4 Å². The lowest BCUT2D eigenvalue weighted by molar-refractivity contribution is 0.0945. The number of carbonyl (C=O) groups excluding carboxylic acids is 2. The van der Waals surface area contributed by atoms with E-state index < -0.39 is 0 Å². The number of halogens is 1. The fourth-order valence-corrected chi connectivity index (χ4v) is 4.31. The van der Waals surface area contributed by atoms with Crippen LogP contribution in [0.5, 0.6) is 5.75 Å². The molecule has 0 radical (unpaired) electrons. The fourth-order valence-electron chi connectivity index (χ4n) is 4.31. The van der Waals surface area contributed by atoms with Crippen LogP contribution in [-0.2, 0) is 0 Å². The number of carbonyl (C=O) groups is 2. The van der Waals surface area contributed by atoms with Crippen molar-refractivity contribution in [1.29, 1.82) is 0 Å². The lowest BCUT2D eigenvalue weighted by Gasteiger charge is -2.13. The number of fused-ring (bicyclic) bond motifs is 1. The second kappa shape index (κ2) is 10.7. The zero-order valence-corrected chi connectivity index (χ0v) is 21.8. The Labute approximate surface area is 221 Å². The van der Waals surface area contributed by atoms with Crippen LogP contribution in [-0.4, -0.2) is 32.0 Å². The number of amides is 2. The van der Waals surface area contributed by atoms with Gasteiger partial charge in [0.1, 0.15) is 22.9 Å². The van der Waals surface area contributed by atoms with E-state index in [0.717, 1.165) is 24.0 Å². The van der Waals surface area contributed by atoms with Gasteiger partial charge in [0.15, 0.2) is 0 Å². The van der Waals surface area contributed by atoms with Gasteiger partial charge < -0.3 is 19.8 Å². The van der Waals surface area contributed by atoms with E-state index in [2.05, 4.69) is 10.6 Å². The van der Waals surface area contributed by atoms with Crippen LogP contribution in [0.3, 0.4) is 0 Å². The third kappa shape index (κ3) is 5.57. The van der Waals surface area contributed by atoms with Crippen molar-refractivity contribution in [1.82, 2.24) is 10.6 Å². The molecular weight excluding hydrogens is 483 g/mol. The van der Waals surface area contributed by atoms with Crippen LogP contribution in [0.15, 0.2) is 65.1 Å². The quantitative estimate of drug-likeness (QED) is 0.269. The van der Waals surface area contributed by atoms with E-state index in [1.165, 1.54) is 12.1 Å². The van der Waals surface area contributed by atoms with Gasteiger partial charge in [-0.25, -0.2) is 4.39 Å². The van der Waals surface area contributed by atoms with Gasteiger partial charge in [-0.2, -0.15) is 0 Å². The van der Waals surface area contributed by atoms with Crippen molar-refractivity contribution in [3.05, 3.63) is 77.6 Å². The summed E-state index contributed by atoms with van der Waals surface area (Å²) in [6.45, 7) is 5.29. The van der Waals surface area contributed by atoms with Crippen molar-refractivity contribution in [2.45, 2.75) is 26.7 Å². The van der Waals surface area contributed by atoms with Gasteiger partial charge in [-0.3, -0.25) is 9.59 Å². The number of rotatable bonds is 9. The van der Waals surface area contributed by atoms with Crippen molar-refractivity contribution in [2.24, 2.45) is 11.8 Å². The Hall–Kier alpha value is -4.13. The number of nitrogens with one attached hydrogen (secondary N) is 2. The molecule has 1 aromatic heterocycles. The standard InChI is InChI=1S/C31H31FN2O4/c1-18(2)16-34-30(35)23-12-22(13-25(14-23)37-17-19-4-5-19)21-8-11-27-26(15-21)28(31(36)33-3)29(38-27)20-6-9-24(32)10-7-20/h6-15,18-19H,4-5,16-17H2,1-3H3,(H,33,36)(H,34,35). The SMILES string of the molecule is CNC(=O)c1c(-c2ccc(F)cc2)oc2ccc(-c3cc(OCC4CC4)cc(C(=O)NCC(C)C)c3)cc12. The Morgan fingerprint density at radius 2 is 1.71 bits per heavy atom. The number of furan rings is 1. The molecule has 1 aliphatic carbocycles. The van der Waals surface area contributed by atoms with Crippen LogP contribution in [0, 0.1) is 17.7 Å². The molecule has 0 saturated heterocycles. The Morgan fingerprint density at radius 1 is 0.974 bits per heavy atom. The van der Waals surface area contributed by atoms with Crippen molar-refractivity contribution in [3.8, 4) is 28.2 Å². The van der Waals surface area contributed by atoms with Crippen LogP contribution in [0.25, 0.3) is 33.4 Å². The lowest BCUT2D eigenvalue weighted by atomic mass is 9.98. The number of hydrogen-bond donors (Lipinski definition) is 2. The molecule has 1 saturated carbocycles. The molecule has 0 aliphatic heterocycles. The molecular formula is C31H31FN2O4. The van der Waals surface area contributed by atoms with E-state index in [0.29, 0.717) is 64.2 Å². The highest BCUT2D eigenvalue weighted by atomic mass is 19.1. The molecule has 0 atom stereocenters. The van der Waals surface area contributed by atoms with Crippen molar-refractivity contribution in [2.75, 3.05) is 20.2 Å². The minimum absolute atomic E-state index is 0.161. The molecule has 38 heavy (non-hydrogen) atoms. The highest BCUT2D eigenvalue weighted by Gasteiger charge is 2.24. The normalized spacial score (nSPS) is 13.1. The summed E-state index contributed by atoms with van der Waals surface area (Å²) in [7, 11) is 1.56. The molecule has 0 spiro atoms. The van der Waals surface area contributed by atoms with Gasteiger partial charge in [0.2, 0.25) is 0 Å². The summed E-state index contributed by atoms with van der Waals surface area (Å²) >= 11 is 0. The van der Waals surface area contributed by atoms with Gasteiger partial charge >= 0.3 is 0 Å². The topological polar surface area (TPSA) is 80.6 Å². The van der Waals surface area contributed by atoms with E-state index in [9.17, 15) is 14.0 Å². The minimum atomic E-state index is -0.370. The van der Waals surface area contributed by atoms with Gasteiger partial charge in [-0.1, -0.05) is 19.9 Å². The maximum atomic E-state index is 13.5. The smallest absolute Gasteiger partial charge is 0.255 e. The second-order valence-corrected chi connectivity index (χ2v) is 10.2. The first-order chi connectivity index (χ1) is 18.3. The lowest BCUT2D eigenvalue weighted by Crippen LogP contribution is -2.27. The molecule has 7 heteroatoms. The molecule has 196 valence electrons. The molecule has 1 aliphatic rings. The summed E-state index contributed by atoms with van der Waals surface area (Å²) in [5.41, 5.74) is 3.61. The summed E-state index contributed by atoms with van der Waals surface area (Å²) in [5, 5.41) is 6.28. The third-order valence-corrected chi connectivity index (χ3v) is 6.60. The highest BCUT2D eigenvalue weighted by Crippen LogP contribution is 2.37. The van der Waals surface area contributed by atoms with Gasteiger partial charge in [0.25, 0.3) is 11.8 Å². The average Bonchev–Trinajstić information content (AvgIpc) is 3.68. The molecule has 3 aromatic carbocycles. The maximum Gasteiger partial charge on any atom is 0.255 e. The Kier molecular flexibility index (Phi) is 7.18. The van der Waals surface area contributed by atoms with E-state index in [-0.39, 0.29) is 17.6 Å². The summed E-state index contributed by atoms with van der Waals surface area (Å²) < 4.78 is 25.7. The Balaban J connectivity index is 1.58. The Morgan fingerprint density at radius 3 is 2.39 bits per heavy atom. The highest BCUT2D eigenvalue weighted by molar-refractivity contribution is 6.12. The molecule has 4 aromatic rings. The molecule has 5 rings (SSSR count). The average molecular weight is 515 g/mol. The van der Waals surface area contributed by atoms with Gasteiger partial charge in [0, 0.05) is 30.1 Å². The van der Waals surface area contributed by atoms with Crippen molar-refractivity contribution in [3.63, 3.8) is 0 Å². The minimum Gasteiger partial charge on any atom is -0.493 e. The second-order valence-electron chi connectivity index (χ2n) is 10.2. The monoisotopic (exact) mass is 514 g/mol. The van der Waals surface area contributed by atoms with Crippen LogP contribution >= 0.6 is 0 Å². The van der Waals surface area contributed by atoms with Crippen molar-refractivity contribution >= 4 is 22.8 Å². The summed E-state index contributed by atoms with van der Waals surface area (Å²) in [5.74, 6) is 1.06. The van der Waals surface area contributed by atoms with Crippen molar-refractivity contribution < 1.29 is 23.1 Å². The van der Waals surface area contributed by atoms with Crippen LogP contribution < -0.4 is 15.4 Å². The van der Waals surface area contributed by atoms with E-state index in [4.69, 9.17) is 9.15 Å². The fraction of sp³-hybridized carbons (Fsp3) is 0.290. The zero-order chi connectivity index (χ0) is 26.8. The van der Waals surface area contributed by atoms with E-state index in [1.54, 1.807) is 31.3 Å². The van der Waals surface area contributed by atoms with Gasteiger partial charge in [-0.15, -0.1) is 0 Å². The molecule has 6 nitrogen and oxygen atoms in total.